The smallest absolute Gasteiger partial charge is 0.246 e. The first kappa shape index (κ1) is 31.0. The Balaban J connectivity index is 1.56. The van der Waals surface area contributed by atoms with Crippen LogP contribution in [0.3, 0.4) is 0 Å². The molecule has 0 aromatic heterocycles. The topological polar surface area (TPSA) is 111 Å². The Bertz CT molecular complexity index is 1430. The van der Waals surface area contributed by atoms with Crippen LogP contribution in [0.25, 0.3) is 10.8 Å². The molecular formula is C32H38ClN5O4. The van der Waals surface area contributed by atoms with Crippen LogP contribution >= 0.6 is 11.6 Å². The van der Waals surface area contributed by atoms with Gasteiger partial charge in [0, 0.05) is 38.0 Å². The molecule has 3 aromatic rings. The fourth-order valence-electron chi connectivity index (χ4n) is 5.54. The second kappa shape index (κ2) is 14.3. The van der Waals surface area contributed by atoms with Crippen molar-refractivity contribution in [2.75, 3.05) is 33.7 Å². The van der Waals surface area contributed by atoms with Gasteiger partial charge in [-0.3, -0.25) is 19.2 Å². The van der Waals surface area contributed by atoms with Gasteiger partial charge >= 0.3 is 0 Å². The lowest BCUT2D eigenvalue weighted by molar-refractivity contribution is -0.157. The van der Waals surface area contributed by atoms with E-state index in [0.29, 0.717) is 17.9 Å². The summed E-state index contributed by atoms with van der Waals surface area (Å²) in [6, 6.07) is 18.8. The molecule has 4 rings (SSSR count). The van der Waals surface area contributed by atoms with Crippen LogP contribution < -0.4 is 16.0 Å². The van der Waals surface area contributed by atoms with Crippen LogP contribution in [0.4, 0.5) is 0 Å². The highest BCUT2D eigenvalue weighted by molar-refractivity contribution is 6.30. The molecule has 10 heteroatoms. The molecule has 4 amide bonds. The van der Waals surface area contributed by atoms with Crippen LogP contribution in [0.2, 0.25) is 5.02 Å². The van der Waals surface area contributed by atoms with E-state index in [9.17, 15) is 19.2 Å². The number of nitrogens with zero attached hydrogens (tertiary/aromatic N) is 2. The molecule has 3 unspecified atom stereocenters. The van der Waals surface area contributed by atoms with E-state index in [1.54, 1.807) is 36.0 Å². The van der Waals surface area contributed by atoms with Gasteiger partial charge < -0.3 is 25.8 Å². The molecule has 3 atom stereocenters. The summed E-state index contributed by atoms with van der Waals surface area (Å²) in [6.45, 7) is 2.34. The molecule has 1 aliphatic rings. The highest BCUT2D eigenvalue weighted by Gasteiger charge is 2.42. The Labute approximate surface area is 251 Å². The minimum atomic E-state index is -0.868. The second-order valence-corrected chi connectivity index (χ2v) is 10.9. The van der Waals surface area contributed by atoms with Gasteiger partial charge in [0.05, 0.1) is 6.54 Å². The number of benzene rings is 3. The predicted molar refractivity (Wildman–Crippen MR) is 164 cm³/mol. The van der Waals surface area contributed by atoms with Crippen LogP contribution in [-0.2, 0) is 32.0 Å². The molecule has 3 N–H and O–H groups in total. The molecule has 9 nitrogen and oxygen atoms in total. The summed E-state index contributed by atoms with van der Waals surface area (Å²) < 4.78 is 0. The molecule has 0 radical (unpaired) electrons. The van der Waals surface area contributed by atoms with E-state index in [0.717, 1.165) is 21.9 Å². The van der Waals surface area contributed by atoms with E-state index in [-0.39, 0.29) is 49.7 Å². The molecule has 42 heavy (non-hydrogen) atoms. The van der Waals surface area contributed by atoms with Gasteiger partial charge in [0.2, 0.25) is 23.6 Å². The highest BCUT2D eigenvalue weighted by atomic mass is 35.5. The number of nitrogens with one attached hydrogen (secondary N) is 3. The number of halogens is 1. The Morgan fingerprint density at radius 1 is 0.929 bits per heavy atom. The minimum absolute atomic E-state index is 0.0525. The number of likely N-dealkylation sites (N-methyl/N-ethyl adjacent to an activating group) is 2. The Kier molecular flexibility index (Phi) is 10.5. The molecule has 0 bridgehead atoms. The zero-order valence-electron chi connectivity index (χ0n) is 24.2. The number of piperazine rings is 1. The van der Waals surface area contributed by atoms with Crippen molar-refractivity contribution in [1.29, 1.82) is 0 Å². The number of hydrogen-bond acceptors (Lipinski definition) is 5. The van der Waals surface area contributed by atoms with Crippen molar-refractivity contribution >= 4 is 46.0 Å². The SMILES string of the molecule is CCC1C(=O)N(C(Cc2ccc3ccccc3c2)C(=O)NC)CCN1C(=O)C(Cc1ccc(Cl)cc1)NC(=O)CNC. The number of amides is 4. The van der Waals surface area contributed by atoms with Crippen LogP contribution in [0, 0.1) is 0 Å². The van der Waals surface area contributed by atoms with Crippen molar-refractivity contribution in [2.45, 2.75) is 44.3 Å². The van der Waals surface area contributed by atoms with Crippen molar-refractivity contribution in [3.8, 4) is 0 Å². The molecule has 0 spiro atoms. The van der Waals surface area contributed by atoms with Gasteiger partial charge in [-0.1, -0.05) is 73.1 Å². The third kappa shape index (κ3) is 7.27. The maximum absolute atomic E-state index is 13.9. The number of carbonyl (C=O) groups is 4. The molecule has 1 aliphatic heterocycles. The first-order chi connectivity index (χ1) is 20.2. The number of fused-ring (bicyclic) bond motifs is 1. The predicted octanol–water partition coefficient (Wildman–Crippen LogP) is 2.55. The van der Waals surface area contributed by atoms with Gasteiger partial charge in [-0.05, 0) is 47.5 Å². The maximum atomic E-state index is 13.9. The number of rotatable bonds is 11. The van der Waals surface area contributed by atoms with E-state index in [1.807, 2.05) is 61.5 Å². The lowest BCUT2D eigenvalue weighted by Gasteiger charge is -2.44. The standard InChI is InChI=1S/C32H38ClN5O4/c1-4-27-32(42)38(28(30(40)35-3)19-22-9-12-23-7-5-6-8-24(23)17-22)16-15-37(27)31(41)26(36-29(39)20-34-2)18-21-10-13-25(33)14-11-21/h5-14,17,26-28,34H,4,15-16,18-20H2,1-3H3,(H,35,40)(H,36,39). The quantitative estimate of drug-likeness (QED) is 0.317. The van der Waals surface area contributed by atoms with E-state index in [2.05, 4.69) is 16.0 Å². The van der Waals surface area contributed by atoms with Gasteiger partial charge in [0.15, 0.2) is 0 Å². The number of carbonyl (C=O) groups excluding carboxylic acids is 4. The molecule has 1 fully saturated rings. The summed E-state index contributed by atoms with van der Waals surface area (Å²) in [4.78, 5) is 56.6. The number of hydrogen-bond donors (Lipinski definition) is 3. The van der Waals surface area contributed by atoms with Gasteiger partial charge in [0.25, 0.3) is 0 Å². The van der Waals surface area contributed by atoms with Crippen molar-refractivity contribution in [3.63, 3.8) is 0 Å². The Morgan fingerprint density at radius 3 is 2.29 bits per heavy atom. The van der Waals surface area contributed by atoms with E-state index in [1.165, 1.54) is 0 Å². The normalized spacial score (nSPS) is 16.7. The van der Waals surface area contributed by atoms with Crippen LogP contribution in [0.5, 0.6) is 0 Å². The maximum Gasteiger partial charge on any atom is 0.246 e. The van der Waals surface area contributed by atoms with Gasteiger partial charge in [0.1, 0.15) is 18.1 Å². The van der Waals surface area contributed by atoms with Crippen molar-refractivity contribution in [3.05, 3.63) is 82.9 Å². The molecule has 222 valence electrons. The van der Waals surface area contributed by atoms with Gasteiger partial charge in [-0.2, -0.15) is 0 Å². The van der Waals surface area contributed by atoms with Crippen LogP contribution in [0.15, 0.2) is 66.7 Å². The van der Waals surface area contributed by atoms with E-state index >= 15 is 0 Å². The summed E-state index contributed by atoms with van der Waals surface area (Å²) >= 11 is 6.04. The molecule has 0 saturated carbocycles. The Morgan fingerprint density at radius 2 is 1.62 bits per heavy atom. The van der Waals surface area contributed by atoms with Crippen molar-refractivity contribution < 1.29 is 19.2 Å². The van der Waals surface area contributed by atoms with E-state index in [4.69, 9.17) is 11.6 Å². The third-order valence-electron chi connectivity index (χ3n) is 7.69. The largest absolute Gasteiger partial charge is 0.357 e. The minimum Gasteiger partial charge on any atom is -0.357 e. The molecule has 1 saturated heterocycles. The van der Waals surface area contributed by atoms with Crippen molar-refractivity contribution in [1.82, 2.24) is 25.8 Å². The fraction of sp³-hybridized carbons (Fsp3) is 0.375. The average molecular weight is 592 g/mol. The second-order valence-electron chi connectivity index (χ2n) is 10.5. The lowest BCUT2D eigenvalue weighted by atomic mass is 9.97. The zero-order valence-corrected chi connectivity index (χ0v) is 25.0. The average Bonchev–Trinajstić information content (AvgIpc) is 3.00. The first-order valence-electron chi connectivity index (χ1n) is 14.2. The summed E-state index contributed by atoms with van der Waals surface area (Å²) in [5.74, 6) is -1.19. The highest BCUT2D eigenvalue weighted by Crippen LogP contribution is 2.23. The fourth-order valence-corrected chi connectivity index (χ4v) is 5.66. The molecule has 1 heterocycles. The summed E-state index contributed by atoms with van der Waals surface area (Å²) in [5.41, 5.74) is 1.77. The summed E-state index contributed by atoms with van der Waals surface area (Å²) in [5, 5.41) is 11.1. The molecule has 3 aromatic carbocycles. The van der Waals surface area contributed by atoms with Gasteiger partial charge in [-0.25, -0.2) is 0 Å². The summed E-state index contributed by atoms with van der Waals surface area (Å²) in [6.07, 6.45) is 0.967. The monoisotopic (exact) mass is 591 g/mol. The third-order valence-corrected chi connectivity index (χ3v) is 7.94. The van der Waals surface area contributed by atoms with Gasteiger partial charge in [-0.15, -0.1) is 0 Å². The van der Waals surface area contributed by atoms with Crippen LogP contribution in [-0.4, -0.2) is 85.3 Å². The van der Waals surface area contributed by atoms with Crippen LogP contribution in [0.1, 0.15) is 24.5 Å². The Hall–Kier alpha value is -3.95. The van der Waals surface area contributed by atoms with Crippen molar-refractivity contribution in [2.24, 2.45) is 0 Å². The van der Waals surface area contributed by atoms with E-state index < -0.39 is 18.1 Å². The summed E-state index contributed by atoms with van der Waals surface area (Å²) in [7, 11) is 3.22. The molecular weight excluding hydrogens is 554 g/mol. The first-order valence-corrected chi connectivity index (χ1v) is 14.6. The zero-order chi connectivity index (χ0) is 30.2. The lowest BCUT2D eigenvalue weighted by Crippen LogP contribution is -2.65. The molecule has 0 aliphatic carbocycles.